The molecule has 0 aromatic heterocycles. The van der Waals surface area contributed by atoms with Crippen molar-refractivity contribution in [2.45, 2.75) is 6.54 Å². The van der Waals surface area contributed by atoms with Crippen molar-refractivity contribution in [2.24, 2.45) is 0 Å². The second kappa shape index (κ2) is 9.36. The molecule has 0 fully saturated rings. The minimum absolute atomic E-state index is 0.114. The van der Waals surface area contributed by atoms with E-state index < -0.39 is 0 Å². The number of benzene rings is 2. The molecule has 0 atom stereocenters. The van der Waals surface area contributed by atoms with Crippen LogP contribution in [0.4, 0.5) is 0 Å². The second-order valence-electron chi connectivity index (χ2n) is 5.33. The van der Waals surface area contributed by atoms with E-state index in [4.69, 9.17) is 16.3 Å². The van der Waals surface area contributed by atoms with Crippen molar-refractivity contribution in [2.75, 3.05) is 26.8 Å². The normalized spacial score (nSPS) is 11.4. The van der Waals surface area contributed by atoms with Crippen LogP contribution in [-0.4, -0.2) is 36.8 Å². The van der Waals surface area contributed by atoms with E-state index in [1.54, 1.807) is 19.2 Å². The SMILES string of the molecule is COCCN(CC=Cc1ccccc1)Cc1ccc(O)c(Cl)c1. The fourth-order valence-electron chi connectivity index (χ4n) is 2.26. The Hall–Kier alpha value is -1.81. The standard InChI is InChI=1S/C19H22ClNO2/c1-23-13-12-21(11-5-8-16-6-3-2-4-7-16)15-17-9-10-19(22)18(20)14-17/h2-10,14,22H,11-13,15H2,1H3. The van der Waals surface area contributed by atoms with E-state index in [1.165, 1.54) is 5.56 Å². The van der Waals surface area contributed by atoms with Gasteiger partial charge in [0, 0.05) is 26.7 Å². The molecule has 0 spiro atoms. The van der Waals surface area contributed by atoms with Gasteiger partial charge in [-0.1, -0.05) is 60.2 Å². The number of rotatable bonds is 8. The van der Waals surface area contributed by atoms with Gasteiger partial charge in [-0.25, -0.2) is 0 Å². The van der Waals surface area contributed by atoms with Gasteiger partial charge < -0.3 is 9.84 Å². The minimum Gasteiger partial charge on any atom is -0.506 e. The highest BCUT2D eigenvalue weighted by molar-refractivity contribution is 6.32. The summed E-state index contributed by atoms with van der Waals surface area (Å²) in [6, 6.07) is 15.6. The molecule has 2 aromatic rings. The number of aromatic hydroxyl groups is 1. The molecule has 3 nitrogen and oxygen atoms in total. The summed E-state index contributed by atoms with van der Waals surface area (Å²) in [4.78, 5) is 2.27. The molecule has 0 aliphatic rings. The lowest BCUT2D eigenvalue weighted by Crippen LogP contribution is -2.27. The smallest absolute Gasteiger partial charge is 0.134 e. The van der Waals surface area contributed by atoms with Crippen molar-refractivity contribution in [1.29, 1.82) is 0 Å². The topological polar surface area (TPSA) is 32.7 Å². The number of hydrogen-bond acceptors (Lipinski definition) is 3. The first-order valence-corrected chi connectivity index (χ1v) is 7.97. The summed E-state index contributed by atoms with van der Waals surface area (Å²) < 4.78 is 5.19. The Kier molecular flexibility index (Phi) is 7.14. The molecule has 0 bridgehead atoms. The maximum atomic E-state index is 9.51. The summed E-state index contributed by atoms with van der Waals surface area (Å²) in [5, 5.41) is 9.89. The van der Waals surface area contributed by atoms with E-state index in [2.05, 4.69) is 29.2 Å². The first kappa shape index (κ1) is 17.5. The van der Waals surface area contributed by atoms with Crippen molar-refractivity contribution in [3.63, 3.8) is 0 Å². The highest BCUT2D eigenvalue weighted by atomic mass is 35.5. The zero-order valence-electron chi connectivity index (χ0n) is 13.3. The second-order valence-corrected chi connectivity index (χ2v) is 5.73. The number of phenolic OH excluding ortho intramolecular Hbond substituents is 1. The largest absolute Gasteiger partial charge is 0.506 e. The average Bonchev–Trinajstić information content (AvgIpc) is 2.57. The maximum Gasteiger partial charge on any atom is 0.134 e. The van der Waals surface area contributed by atoms with Crippen LogP contribution in [-0.2, 0) is 11.3 Å². The van der Waals surface area contributed by atoms with Gasteiger partial charge in [0.2, 0.25) is 0 Å². The van der Waals surface area contributed by atoms with Crippen LogP contribution >= 0.6 is 11.6 Å². The molecule has 0 aliphatic heterocycles. The van der Waals surface area contributed by atoms with Gasteiger partial charge in [-0.15, -0.1) is 0 Å². The van der Waals surface area contributed by atoms with Crippen LogP contribution in [0.2, 0.25) is 5.02 Å². The molecule has 0 unspecified atom stereocenters. The predicted molar refractivity (Wildman–Crippen MR) is 95.7 cm³/mol. The fraction of sp³-hybridized carbons (Fsp3) is 0.263. The van der Waals surface area contributed by atoms with Gasteiger partial charge in [0.25, 0.3) is 0 Å². The van der Waals surface area contributed by atoms with Crippen LogP contribution in [0.5, 0.6) is 5.75 Å². The van der Waals surface area contributed by atoms with Gasteiger partial charge in [0.15, 0.2) is 0 Å². The molecule has 1 N–H and O–H groups in total. The third-order valence-corrected chi connectivity index (χ3v) is 3.81. The summed E-state index contributed by atoms with van der Waals surface area (Å²) in [6.07, 6.45) is 4.26. The van der Waals surface area contributed by atoms with E-state index in [0.717, 1.165) is 25.2 Å². The van der Waals surface area contributed by atoms with E-state index in [0.29, 0.717) is 11.6 Å². The summed E-state index contributed by atoms with van der Waals surface area (Å²) >= 11 is 5.98. The number of nitrogens with zero attached hydrogens (tertiary/aromatic N) is 1. The van der Waals surface area contributed by atoms with E-state index >= 15 is 0 Å². The Labute approximate surface area is 142 Å². The Balaban J connectivity index is 1.98. The highest BCUT2D eigenvalue weighted by Crippen LogP contribution is 2.24. The lowest BCUT2D eigenvalue weighted by Gasteiger charge is -2.20. The Morgan fingerprint density at radius 2 is 1.96 bits per heavy atom. The molecular weight excluding hydrogens is 310 g/mol. The average molecular weight is 332 g/mol. The first-order chi connectivity index (χ1) is 11.2. The molecule has 4 heteroatoms. The van der Waals surface area contributed by atoms with Crippen molar-refractivity contribution in [1.82, 2.24) is 4.90 Å². The summed E-state index contributed by atoms with van der Waals surface area (Å²) in [5.41, 5.74) is 2.25. The van der Waals surface area contributed by atoms with Crippen LogP contribution in [0.3, 0.4) is 0 Å². The van der Waals surface area contributed by atoms with Gasteiger partial charge in [0.05, 0.1) is 11.6 Å². The zero-order valence-corrected chi connectivity index (χ0v) is 14.0. The molecule has 0 saturated heterocycles. The number of hydrogen-bond donors (Lipinski definition) is 1. The minimum atomic E-state index is 0.114. The van der Waals surface area contributed by atoms with E-state index in [-0.39, 0.29) is 5.75 Å². The van der Waals surface area contributed by atoms with Crippen LogP contribution in [0, 0.1) is 0 Å². The van der Waals surface area contributed by atoms with Gasteiger partial charge >= 0.3 is 0 Å². The van der Waals surface area contributed by atoms with Gasteiger partial charge in [-0.3, -0.25) is 4.90 Å². The molecule has 122 valence electrons. The Bertz CT molecular complexity index is 629. The summed E-state index contributed by atoms with van der Waals surface area (Å²) in [6.45, 7) is 3.07. The van der Waals surface area contributed by atoms with Crippen molar-refractivity contribution < 1.29 is 9.84 Å². The fourth-order valence-corrected chi connectivity index (χ4v) is 2.47. The number of methoxy groups -OCH3 is 1. The van der Waals surface area contributed by atoms with Crippen LogP contribution < -0.4 is 0 Å². The molecule has 0 heterocycles. The summed E-state index contributed by atoms with van der Waals surface area (Å²) in [7, 11) is 1.70. The van der Waals surface area contributed by atoms with Crippen LogP contribution in [0.1, 0.15) is 11.1 Å². The van der Waals surface area contributed by atoms with Gasteiger partial charge in [0.1, 0.15) is 5.75 Å². The molecule has 0 radical (unpaired) electrons. The predicted octanol–water partition coefficient (Wildman–Crippen LogP) is 4.21. The molecule has 0 saturated carbocycles. The van der Waals surface area contributed by atoms with Crippen molar-refractivity contribution >= 4 is 17.7 Å². The Morgan fingerprint density at radius 3 is 2.65 bits per heavy atom. The number of phenols is 1. The van der Waals surface area contributed by atoms with Gasteiger partial charge in [-0.2, -0.15) is 0 Å². The monoisotopic (exact) mass is 331 g/mol. The molecule has 2 rings (SSSR count). The third kappa shape index (κ3) is 6.06. The van der Waals surface area contributed by atoms with Crippen LogP contribution in [0.25, 0.3) is 6.08 Å². The summed E-state index contributed by atoms with van der Waals surface area (Å²) in [5.74, 6) is 0.114. The number of ether oxygens (including phenoxy) is 1. The molecule has 23 heavy (non-hydrogen) atoms. The molecule has 0 aliphatic carbocycles. The molecule has 2 aromatic carbocycles. The lowest BCUT2D eigenvalue weighted by molar-refractivity contribution is 0.151. The Morgan fingerprint density at radius 1 is 1.17 bits per heavy atom. The van der Waals surface area contributed by atoms with Crippen molar-refractivity contribution in [3.8, 4) is 5.75 Å². The maximum absolute atomic E-state index is 9.51. The third-order valence-electron chi connectivity index (χ3n) is 3.50. The van der Waals surface area contributed by atoms with Crippen molar-refractivity contribution in [3.05, 3.63) is 70.8 Å². The van der Waals surface area contributed by atoms with Gasteiger partial charge in [-0.05, 0) is 23.3 Å². The number of halogens is 1. The first-order valence-electron chi connectivity index (χ1n) is 7.59. The molecule has 0 amide bonds. The quantitative estimate of drug-likeness (QED) is 0.786. The highest BCUT2D eigenvalue weighted by Gasteiger charge is 2.06. The lowest BCUT2D eigenvalue weighted by atomic mass is 10.2. The van der Waals surface area contributed by atoms with Crippen LogP contribution in [0.15, 0.2) is 54.6 Å². The zero-order chi connectivity index (χ0) is 16.5. The van der Waals surface area contributed by atoms with E-state index in [9.17, 15) is 5.11 Å². The molecular formula is C19H22ClNO2. The van der Waals surface area contributed by atoms with E-state index in [1.807, 2.05) is 24.3 Å².